The molecule has 2 aromatic carbocycles. The molecule has 0 radical (unpaired) electrons. The fourth-order valence-electron chi connectivity index (χ4n) is 4.20. The van der Waals surface area contributed by atoms with Gasteiger partial charge in [-0.05, 0) is 44.0 Å². The van der Waals surface area contributed by atoms with E-state index in [9.17, 15) is 13.2 Å². The van der Waals surface area contributed by atoms with Gasteiger partial charge in [0.1, 0.15) is 0 Å². The highest BCUT2D eigenvalue weighted by Crippen LogP contribution is 2.32. The Morgan fingerprint density at radius 2 is 1.66 bits per heavy atom. The zero-order chi connectivity index (χ0) is 20.6. The molecule has 2 aromatic rings. The summed E-state index contributed by atoms with van der Waals surface area (Å²) in [6.07, 6.45) is 0.879. The van der Waals surface area contributed by atoms with Gasteiger partial charge in [-0.1, -0.05) is 35.9 Å². The van der Waals surface area contributed by atoms with Crippen molar-refractivity contribution >= 4 is 21.6 Å². The number of anilines is 1. The Kier molecular flexibility index (Phi) is 5.46. The van der Waals surface area contributed by atoms with Crippen molar-refractivity contribution in [3.05, 3.63) is 59.7 Å². The minimum Gasteiger partial charge on any atom is -0.308 e. The van der Waals surface area contributed by atoms with Gasteiger partial charge in [-0.15, -0.1) is 0 Å². The molecule has 1 amide bonds. The van der Waals surface area contributed by atoms with Crippen molar-refractivity contribution in [3.63, 3.8) is 0 Å². The summed E-state index contributed by atoms with van der Waals surface area (Å²) in [5, 5.41) is 0. The Balaban J connectivity index is 1.38. The number of carbonyl (C=O) groups excluding carboxylic acids is 1. The Labute approximate surface area is 172 Å². The van der Waals surface area contributed by atoms with Crippen molar-refractivity contribution in [1.29, 1.82) is 0 Å². The third kappa shape index (κ3) is 3.95. The number of piperazine rings is 1. The third-order valence-electron chi connectivity index (χ3n) is 5.82. The van der Waals surface area contributed by atoms with Crippen molar-refractivity contribution in [3.8, 4) is 0 Å². The third-order valence-corrected chi connectivity index (χ3v) is 7.74. The van der Waals surface area contributed by atoms with Crippen LogP contribution >= 0.6 is 0 Å². The highest BCUT2D eigenvalue weighted by Gasteiger charge is 2.33. The molecule has 29 heavy (non-hydrogen) atoms. The molecule has 1 fully saturated rings. The molecular weight excluding hydrogens is 386 g/mol. The maximum absolute atomic E-state index is 13.0. The number of aryl methyl sites for hydroxylation is 1. The number of carbonyl (C=O) groups is 1. The number of nitrogens with zero attached hydrogens (tertiary/aromatic N) is 3. The lowest BCUT2D eigenvalue weighted by atomic mass is 10.1. The first-order valence-corrected chi connectivity index (χ1v) is 11.5. The zero-order valence-electron chi connectivity index (χ0n) is 16.9. The summed E-state index contributed by atoms with van der Waals surface area (Å²) in [4.78, 5) is 17.2. The van der Waals surface area contributed by atoms with Crippen molar-refractivity contribution in [2.45, 2.75) is 31.2 Å². The predicted octanol–water partition coefficient (Wildman–Crippen LogP) is 2.28. The summed E-state index contributed by atoms with van der Waals surface area (Å²) in [5.41, 5.74) is 3.25. The number of rotatable bonds is 4. The molecule has 0 aromatic heterocycles. The van der Waals surface area contributed by atoms with Crippen LogP contribution < -0.4 is 4.90 Å². The summed E-state index contributed by atoms with van der Waals surface area (Å²) >= 11 is 0. The zero-order valence-corrected chi connectivity index (χ0v) is 17.7. The van der Waals surface area contributed by atoms with E-state index in [1.165, 1.54) is 9.87 Å². The normalized spacial score (nSPS) is 20.6. The van der Waals surface area contributed by atoms with Gasteiger partial charge in [0.25, 0.3) is 0 Å². The van der Waals surface area contributed by atoms with Gasteiger partial charge in [-0.2, -0.15) is 4.31 Å². The number of benzene rings is 2. The van der Waals surface area contributed by atoms with Crippen LogP contribution in [0.4, 0.5) is 5.69 Å². The highest BCUT2D eigenvalue weighted by molar-refractivity contribution is 7.89. The highest BCUT2D eigenvalue weighted by atomic mass is 32.2. The van der Waals surface area contributed by atoms with Gasteiger partial charge in [0, 0.05) is 37.9 Å². The van der Waals surface area contributed by atoms with Crippen LogP contribution in [0, 0.1) is 6.92 Å². The lowest BCUT2D eigenvalue weighted by molar-refractivity contribution is -0.120. The minimum absolute atomic E-state index is 0.0808. The summed E-state index contributed by atoms with van der Waals surface area (Å²) in [5.74, 6) is 0.0808. The molecule has 1 saturated heterocycles. The first-order valence-electron chi connectivity index (χ1n) is 10.1. The van der Waals surface area contributed by atoms with Crippen LogP contribution in [0.3, 0.4) is 0 Å². The largest absolute Gasteiger partial charge is 0.308 e. The van der Waals surface area contributed by atoms with Gasteiger partial charge in [-0.25, -0.2) is 8.42 Å². The number of hydrogen-bond donors (Lipinski definition) is 0. The maximum Gasteiger partial charge on any atom is 0.243 e. The van der Waals surface area contributed by atoms with Crippen LogP contribution in [0.15, 0.2) is 53.4 Å². The molecule has 0 saturated carbocycles. The SMILES string of the molecule is Cc1ccc(S(=O)(=O)N2CCN(CC(=O)N3c4ccccc4CC3C)CC2)cc1. The summed E-state index contributed by atoms with van der Waals surface area (Å²) < 4.78 is 27.2. The number of sulfonamides is 1. The van der Waals surface area contributed by atoms with Crippen LogP contribution in [0.5, 0.6) is 0 Å². The van der Waals surface area contributed by atoms with Gasteiger partial charge in [0.05, 0.1) is 11.4 Å². The monoisotopic (exact) mass is 413 g/mol. The molecule has 154 valence electrons. The Bertz CT molecular complexity index is 996. The van der Waals surface area contributed by atoms with Crippen molar-refractivity contribution < 1.29 is 13.2 Å². The predicted molar refractivity (Wildman–Crippen MR) is 113 cm³/mol. The van der Waals surface area contributed by atoms with E-state index in [-0.39, 0.29) is 11.9 Å². The van der Waals surface area contributed by atoms with Crippen LogP contribution in [0.1, 0.15) is 18.1 Å². The molecule has 2 aliphatic heterocycles. The summed E-state index contributed by atoms with van der Waals surface area (Å²) in [6, 6.07) is 15.2. The van der Waals surface area contributed by atoms with Crippen molar-refractivity contribution in [1.82, 2.24) is 9.21 Å². The molecule has 6 nitrogen and oxygen atoms in total. The number of amides is 1. The number of hydrogen-bond acceptors (Lipinski definition) is 4. The average molecular weight is 414 g/mol. The molecule has 0 bridgehead atoms. The second-order valence-corrected chi connectivity index (χ2v) is 9.88. The fourth-order valence-corrected chi connectivity index (χ4v) is 5.62. The molecule has 1 unspecified atom stereocenters. The van der Waals surface area contributed by atoms with Gasteiger partial charge < -0.3 is 4.90 Å². The van der Waals surface area contributed by atoms with Crippen LogP contribution in [-0.2, 0) is 21.2 Å². The van der Waals surface area contributed by atoms with Crippen LogP contribution in [-0.4, -0.2) is 62.3 Å². The standard InChI is InChI=1S/C22H27N3O3S/c1-17-7-9-20(10-8-17)29(27,28)24-13-11-23(12-14-24)16-22(26)25-18(2)15-19-5-3-4-6-21(19)25/h3-10,18H,11-16H2,1-2H3. The molecule has 0 aliphatic carbocycles. The van der Waals surface area contributed by atoms with Gasteiger partial charge >= 0.3 is 0 Å². The van der Waals surface area contributed by atoms with E-state index in [0.717, 1.165) is 17.7 Å². The van der Waals surface area contributed by atoms with E-state index in [1.54, 1.807) is 12.1 Å². The molecule has 0 N–H and O–H groups in total. The average Bonchev–Trinajstić information content (AvgIpc) is 3.04. The topological polar surface area (TPSA) is 60.9 Å². The molecule has 2 heterocycles. The van der Waals surface area contributed by atoms with Crippen LogP contribution in [0.25, 0.3) is 0 Å². The fraction of sp³-hybridized carbons (Fsp3) is 0.409. The minimum atomic E-state index is -3.48. The van der Waals surface area contributed by atoms with Gasteiger partial charge in [0.2, 0.25) is 15.9 Å². The maximum atomic E-state index is 13.0. The van der Waals surface area contributed by atoms with E-state index in [1.807, 2.05) is 42.2 Å². The van der Waals surface area contributed by atoms with Crippen molar-refractivity contribution in [2.75, 3.05) is 37.6 Å². The molecule has 1 atom stereocenters. The number of para-hydroxylation sites is 1. The van der Waals surface area contributed by atoms with E-state index in [2.05, 4.69) is 17.9 Å². The Hall–Kier alpha value is -2.22. The molecule has 2 aliphatic rings. The van der Waals surface area contributed by atoms with E-state index >= 15 is 0 Å². The molecule has 7 heteroatoms. The summed E-state index contributed by atoms with van der Waals surface area (Å²) in [6.45, 7) is 6.24. The smallest absolute Gasteiger partial charge is 0.243 e. The van der Waals surface area contributed by atoms with Crippen molar-refractivity contribution in [2.24, 2.45) is 0 Å². The van der Waals surface area contributed by atoms with Gasteiger partial charge in [0.15, 0.2) is 0 Å². The molecular formula is C22H27N3O3S. The first-order chi connectivity index (χ1) is 13.9. The lowest BCUT2D eigenvalue weighted by Gasteiger charge is -2.35. The van der Waals surface area contributed by atoms with Gasteiger partial charge in [-0.3, -0.25) is 9.69 Å². The quantitative estimate of drug-likeness (QED) is 0.772. The second kappa shape index (κ2) is 7.89. The van der Waals surface area contributed by atoms with E-state index in [0.29, 0.717) is 37.6 Å². The summed E-state index contributed by atoms with van der Waals surface area (Å²) in [7, 11) is -3.48. The first kappa shape index (κ1) is 20.1. The number of fused-ring (bicyclic) bond motifs is 1. The van der Waals surface area contributed by atoms with E-state index < -0.39 is 10.0 Å². The molecule has 0 spiro atoms. The molecule has 4 rings (SSSR count). The van der Waals surface area contributed by atoms with E-state index in [4.69, 9.17) is 0 Å². The second-order valence-electron chi connectivity index (χ2n) is 7.94. The lowest BCUT2D eigenvalue weighted by Crippen LogP contribution is -2.52. The Morgan fingerprint density at radius 3 is 2.34 bits per heavy atom. The van der Waals surface area contributed by atoms with Crippen LogP contribution in [0.2, 0.25) is 0 Å². The Morgan fingerprint density at radius 1 is 1.00 bits per heavy atom.